The number of hydrogen-bond acceptors (Lipinski definition) is 5. The number of guanidine groups is 1. The molecule has 2 heterocycles. The van der Waals surface area contributed by atoms with Crippen molar-refractivity contribution >= 4 is 17.7 Å². The first-order valence-electron chi connectivity index (χ1n) is 11.3. The van der Waals surface area contributed by atoms with Gasteiger partial charge in [0.1, 0.15) is 12.4 Å². The predicted octanol–water partition coefficient (Wildman–Crippen LogP) is 2.13. The Balaban J connectivity index is 1.35. The molecule has 0 amide bonds. The van der Waals surface area contributed by atoms with Crippen LogP contribution in [0.1, 0.15) is 43.8 Å². The number of thioether (sulfide) groups is 1. The summed E-state index contributed by atoms with van der Waals surface area (Å²) in [4.78, 5) is 10.2. The average molecular weight is 420 g/mol. The lowest BCUT2D eigenvalue weighted by atomic mass is 9.93. The zero-order valence-corrected chi connectivity index (χ0v) is 19.1. The molecule has 1 aromatic rings. The molecule has 0 spiro atoms. The van der Waals surface area contributed by atoms with Gasteiger partial charge in [-0.05, 0) is 56.5 Å². The lowest BCUT2D eigenvalue weighted by Crippen LogP contribution is -2.55. The Morgan fingerprint density at radius 1 is 1.17 bits per heavy atom. The summed E-state index contributed by atoms with van der Waals surface area (Å²) < 4.78 is 2.03. The van der Waals surface area contributed by atoms with Gasteiger partial charge in [-0.15, -0.1) is 10.2 Å². The standard InChI is InChI=1S/C21H37N7S/c1-16-24-25-20(26(16)2)15-23-21(22-7-4-12-29-3)28-10-8-27(9-11-28)19-14-17-5-6-18(19)13-17/h17-19H,4-15H2,1-3H3,(H,22,23). The molecule has 0 radical (unpaired) electrons. The van der Waals surface area contributed by atoms with Gasteiger partial charge >= 0.3 is 0 Å². The molecule has 4 rings (SSSR count). The van der Waals surface area contributed by atoms with E-state index in [9.17, 15) is 0 Å². The van der Waals surface area contributed by atoms with E-state index in [0.717, 1.165) is 61.5 Å². The van der Waals surface area contributed by atoms with Gasteiger partial charge in [-0.1, -0.05) is 6.42 Å². The average Bonchev–Trinajstić information content (AvgIpc) is 3.46. The monoisotopic (exact) mass is 419 g/mol. The minimum absolute atomic E-state index is 0.578. The van der Waals surface area contributed by atoms with E-state index < -0.39 is 0 Å². The Bertz CT molecular complexity index is 695. The van der Waals surface area contributed by atoms with Crippen LogP contribution >= 0.6 is 11.8 Å². The van der Waals surface area contributed by atoms with E-state index in [-0.39, 0.29) is 0 Å². The molecule has 3 atom stereocenters. The fourth-order valence-electron chi connectivity index (χ4n) is 5.34. The normalized spacial score (nSPS) is 27.8. The summed E-state index contributed by atoms with van der Waals surface area (Å²) in [5.74, 6) is 6.08. The van der Waals surface area contributed by atoms with Crippen molar-refractivity contribution in [3.63, 3.8) is 0 Å². The summed E-state index contributed by atoms with van der Waals surface area (Å²) in [7, 11) is 2.01. The molecular formula is C21H37N7S. The van der Waals surface area contributed by atoms with E-state index in [1.807, 2.05) is 30.3 Å². The molecule has 1 aromatic heterocycles. The molecule has 3 unspecified atom stereocenters. The van der Waals surface area contributed by atoms with Crippen molar-refractivity contribution < 1.29 is 0 Å². The van der Waals surface area contributed by atoms with Gasteiger partial charge in [-0.25, -0.2) is 4.99 Å². The molecule has 8 heteroatoms. The molecule has 3 aliphatic rings. The lowest BCUT2D eigenvalue weighted by molar-refractivity contribution is 0.0958. The molecule has 1 aliphatic heterocycles. The topological polar surface area (TPSA) is 61.6 Å². The third kappa shape index (κ3) is 4.90. The maximum absolute atomic E-state index is 4.93. The maximum Gasteiger partial charge on any atom is 0.194 e. The number of nitrogens with one attached hydrogen (secondary N) is 1. The van der Waals surface area contributed by atoms with E-state index in [2.05, 4.69) is 31.6 Å². The van der Waals surface area contributed by atoms with Crippen LogP contribution in [-0.2, 0) is 13.6 Å². The highest BCUT2D eigenvalue weighted by molar-refractivity contribution is 7.98. The number of hydrogen-bond donors (Lipinski definition) is 1. The zero-order chi connectivity index (χ0) is 20.2. The molecule has 2 bridgehead atoms. The van der Waals surface area contributed by atoms with E-state index in [1.54, 1.807) is 0 Å². The summed E-state index contributed by atoms with van der Waals surface area (Å²) in [6.07, 6.45) is 9.22. The van der Waals surface area contributed by atoms with Gasteiger partial charge in [0.05, 0.1) is 0 Å². The summed E-state index contributed by atoms with van der Waals surface area (Å²) in [5.41, 5.74) is 0. The Labute approximate surface area is 179 Å². The molecule has 29 heavy (non-hydrogen) atoms. The zero-order valence-electron chi connectivity index (χ0n) is 18.3. The number of aryl methyl sites for hydroxylation is 1. The van der Waals surface area contributed by atoms with Gasteiger partial charge in [-0.2, -0.15) is 11.8 Å². The van der Waals surface area contributed by atoms with Crippen LogP contribution < -0.4 is 5.32 Å². The Hall–Kier alpha value is -1.28. The van der Waals surface area contributed by atoms with Gasteiger partial charge in [0.25, 0.3) is 0 Å². The van der Waals surface area contributed by atoms with Gasteiger partial charge < -0.3 is 14.8 Å². The molecule has 3 fully saturated rings. The van der Waals surface area contributed by atoms with Gasteiger partial charge in [0, 0.05) is 45.8 Å². The van der Waals surface area contributed by atoms with Crippen LogP contribution in [0, 0.1) is 18.8 Å². The second kappa shape index (κ2) is 9.69. The molecule has 1 saturated heterocycles. The number of aromatic nitrogens is 3. The number of fused-ring (bicyclic) bond motifs is 2. The minimum atomic E-state index is 0.578. The Morgan fingerprint density at radius 2 is 2.00 bits per heavy atom. The maximum atomic E-state index is 4.93. The van der Waals surface area contributed by atoms with E-state index in [0.29, 0.717) is 6.54 Å². The molecule has 1 N–H and O–H groups in total. The van der Waals surface area contributed by atoms with E-state index in [4.69, 9.17) is 4.99 Å². The van der Waals surface area contributed by atoms with Gasteiger partial charge in [0.15, 0.2) is 11.8 Å². The first-order valence-corrected chi connectivity index (χ1v) is 12.7. The fourth-order valence-corrected chi connectivity index (χ4v) is 5.78. The third-order valence-electron chi connectivity index (χ3n) is 7.14. The highest BCUT2D eigenvalue weighted by atomic mass is 32.2. The molecular weight excluding hydrogens is 382 g/mol. The van der Waals surface area contributed by atoms with E-state index >= 15 is 0 Å². The van der Waals surface area contributed by atoms with Crippen molar-refractivity contribution in [3.8, 4) is 0 Å². The highest BCUT2D eigenvalue weighted by Gasteiger charge is 2.42. The van der Waals surface area contributed by atoms with Crippen molar-refractivity contribution in [2.24, 2.45) is 23.9 Å². The van der Waals surface area contributed by atoms with Crippen molar-refractivity contribution in [2.75, 3.05) is 44.7 Å². The van der Waals surface area contributed by atoms with Crippen molar-refractivity contribution in [1.82, 2.24) is 29.9 Å². The summed E-state index contributed by atoms with van der Waals surface area (Å²) in [6.45, 7) is 8.01. The van der Waals surface area contributed by atoms with Crippen LogP contribution in [0.3, 0.4) is 0 Å². The number of piperazine rings is 1. The predicted molar refractivity (Wildman–Crippen MR) is 120 cm³/mol. The van der Waals surface area contributed by atoms with Crippen LogP contribution in [-0.4, -0.2) is 81.3 Å². The molecule has 162 valence electrons. The van der Waals surface area contributed by atoms with Gasteiger partial charge in [0.2, 0.25) is 0 Å². The quantitative estimate of drug-likeness (QED) is 0.415. The van der Waals surface area contributed by atoms with Crippen LogP contribution in [0.15, 0.2) is 4.99 Å². The van der Waals surface area contributed by atoms with Crippen LogP contribution in [0.2, 0.25) is 0 Å². The fraction of sp³-hybridized carbons (Fsp3) is 0.857. The first-order chi connectivity index (χ1) is 14.2. The SMILES string of the molecule is CSCCCNC(=NCc1nnc(C)n1C)N1CCN(C2CC3CCC2C3)CC1. The largest absolute Gasteiger partial charge is 0.356 e. The second-order valence-electron chi connectivity index (χ2n) is 8.90. The van der Waals surface area contributed by atoms with Crippen LogP contribution in [0.25, 0.3) is 0 Å². The molecule has 2 aliphatic carbocycles. The van der Waals surface area contributed by atoms with Crippen LogP contribution in [0.5, 0.6) is 0 Å². The Morgan fingerprint density at radius 3 is 2.62 bits per heavy atom. The summed E-state index contributed by atoms with van der Waals surface area (Å²) in [6, 6.07) is 0.854. The third-order valence-corrected chi connectivity index (χ3v) is 7.84. The highest BCUT2D eigenvalue weighted by Crippen LogP contribution is 2.46. The minimum Gasteiger partial charge on any atom is -0.356 e. The lowest BCUT2D eigenvalue weighted by Gasteiger charge is -2.42. The smallest absolute Gasteiger partial charge is 0.194 e. The van der Waals surface area contributed by atoms with E-state index in [1.165, 1.54) is 44.5 Å². The van der Waals surface area contributed by atoms with Crippen molar-refractivity contribution in [2.45, 2.75) is 51.6 Å². The summed E-state index contributed by atoms with van der Waals surface area (Å²) >= 11 is 1.90. The molecule has 0 aromatic carbocycles. The van der Waals surface area contributed by atoms with Crippen molar-refractivity contribution in [1.29, 1.82) is 0 Å². The molecule has 2 saturated carbocycles. The number of rotatable bonds is 7. The second-order valence-corrected chi connectivity index (χ2v) is 9.89. The number of nitrogens with zero attached hydrogens (tertiary/aromatic N) is 6. The summed E-state index contributed by atoms with van der Waals surface area (Å²) in [5, 5.41) is 12.1. The van der Waals surface area contributed by atoms with Crippen molar-refractivity contribution in [3.05, 3.63) is 11.6 Å². The number of aliphatic imine (C=N–C) groups is 1. The van der Waals surface area contributed by atoms with Gasteiger partial charge in [-0.3, -0.25) is 4.90 Å². The first kappa shape index (κ1) is 21.0. The molecule has 7 nitrogen and oxygen atoms in total. The Kier molecular flexibility index (Phi) is 7.00. The van der Waals surface area contributed by atoms with Crippen LogP contribution in [0.4, 0.5) is 0 Å².